The lowest BCUT2D eigenvalue weighted by molar-refractivity contribution is 0.143. The molecule has 0 aromatic carbocycles. The fourth-order valence-electron chi connectivity index (χ4n) is 3.35. The second kappa shape index (κ2) is 8.36. The van der Waals surface area contributed by atoms with Crippen molar-refractivity contribution in [3.8, 4) is 0 Å². The molecule has 2 N–H and O–H groups in total. The van der Waals surface area contributed by atoms with Crippen LogP contribution in [0, 0.1) is 5.92 Å². The monoisotopic (exact) mass is 321 g/mol. The van der Waals surface area contributed by atoms with Crippen LogP contribution in [0.5, 0.6) is 0 Å². The molecular weight excluding hydrogens is 294 g/mol. The Morgan fingerprint density at radius 1 is 1.30 bits per heavy atom. The zero-order valence-electron chi connectivity index (χ0n) is 13.6. The number of carbonyl (C=O) groups excluding carboxylic acids is 1. The van der Waals surface area contributed by atoms with Crippen molar-refractivity contribution < 1.29 is 13.9 Å². The molecule has 128 valence electrons. The van der Waals surface area contributed by atoms with Crippen molar-refractivity contribution in [3.05, 3.63) is 24.2 Å². The van der Waals surface area contributed by atoms with E-state index in [-0.39, 0.29) is 12.1 Å². The van der Waals surface area contributed by atoms with E-state index in [1.807, 2.05) is 12.1 Å². The molecule has 1 aromatic heterocycles. The molecule has 2 fully saturated rings. The predicted octanol–water partition coefficient (Wildman–Crippen LogP) is 2.14. The zero-order valence-corrected chi connectivity index (χ0v) is 13.6. The smallest absolute Gasteiger partial charge is 0.314 e. The maximum atomic E-state index is 12.0. The normalized spacial score (nSPS) is 23.6. The summed E-state index contributed by atoms with van der Waals surface area (Å²) in [7, 11) is 0. The van der Waals surface area contributed by atoms with Gasteiger partial charge in [0.2, 0.25) is 0 Å². The molecule has 2 atom stereocenters. The van der Waals surface area contributed by atoms with E-state index >= 15 is 0 Å². The first-order chi connectivity index (χ1) is 11.3. The van der Waals surface area contributed by atoms with Crippen LogP contribution in [0.1, 0.15) is 37.5 Å². The maximum absolute atomic E-state index is 12.0. The molecule has 0 aliphatic carbocycles. The molecule has 23 heavy (non-hydrogen) atoms. The highest BCUT2D eigenvalue weighted by Gasteiger charge is 2.25. The molecule has 3 rings (SSSR count). The molecule has 6 nitrogen and oxygen atoms in total. The summed E-state index contributed by atoms with van der Waals surface area (Å²) in [5, 5.41) is 5.95. The van der Waals surface area contributed by atoms with Gasteiger partial charge in [-0.2, -0.15) is 0 Å². The quantitative estimate of drug-likeness (QED) is 0.842. The number of urea groups is 1. The first-order valence-electron chi connectivity index (χ1n) is 8.70. The summed E-state index contributed by atoms with van der Waals surface area (Å²) in [6.07, 6.45) is 6.45. The number of carbonyl (C=O) groups is 1. The minimum absolute atomic E-state index is 0.106. The van der Waals surface area contributed by atoms with Crippen molar-refractivity contribution in [2.24, 2.45) is 5.92 Å². The molecule has 0 unspecified atom stereocenters. The maximum Gasteiger partial charge on any atom is 0.314 e. The van der Waals surface area contributed by atoms with Gasteiger partial charge < -0.3 is 19.8 Å². The Kier molecular flexibility index (Phi) is 5.93. The van der Waals surface area contributed by atoms with Gasteiger partial charge in [-0.3, -0.25) is 4.90 Å². The van der Waals surface area contributed by atoms with Crippen molar-refractivity contribution in [1.82, 2.24) is 15.5 Å². The van der Waals surface area contributed by atoms with Crippen LogP contribution in [0.15, 0.2) is 22.8 Å². The van der Waals surface area contributed by atoms with Gasteiger partial charge in [-0.1, -0.05) is 6.42 Å². The van der Waals surface area contributed by atoms with Crippen molar-refractivity contribution in [2.75, 3.05) is 39.4 Å². The summed E-state index contributed by atoms with van der Waals surface area (Å²) in [5.74, 6) is 1.38. The van der Waals surface area contributed by atoms with Gasteiger partial charge in [0.15, 0.2) is 0 Å². The third-order valence-corrected chi connectivity index (χ3v) is 4.73. The Bertz CT molecular complexity index is 465. The van der Waals surface area contributed by atoms with E-state index in [4.69, 9.17) is 9.15 Å². The summed E-state index contributed by atoms with van der Waals surface area (Å²) >= 11 is 0. The van der Waals surface area contributed by atoms with Crippen LogP contribution in [0.2, 0.25) is 0 Å². The molecule has 0 bridgehead atoms. The highest BCUT2D eigenvalue weighted by molar-refractivity contribution is 5.73. The topological polar surface area (TPSA) is 66.7 Å². The van der Waals surface area contributed by atoms with E-state index in [0.717, 1.165) is 38.5 Å². The number of nitrogens with one attached hydrogen (secondary N) is 2. The van der Waals surface area contributed by atoms with E-state index in [2.05, 4.69) is 15.5 Å². The van der Waals surface area contributed by atoms with E-state index in [9.17, 15) is 4.79 Å². The number of likely N-dealkylation sites (tertiary alicyclic amines) is 1. The van der Waals surface area contributed by atoms with Gasteiger partial charge in [-0.15, -0.1) is 0 Å². The molecule has 2 aliphatic rings. The summed E-state index contributed by atoms with van der Waals surface area (Å²) in [4.78, 5) is 14.5. The van der Waals surface area contributed by atoms with Crippen molar-refractivity contribution >= 4 is 6.03 Å². The molecule has 3 heterocycles. The summed E-state index contributed by atoms with van der Waals surface area (Å²) in [6.45, 7) is 4.94. The van der Waals surface area contributed by atoms with Crippen molar-refractivity contribution in [2.45, 2.75) is 31.7 Å². The SMILES string of the molecule is O=C(NC[C@@H]1CCOC1)NC[C@@H](c1ccco1)N1CCCCC1. The van der Waals surface area contributed by atoms with Gasteiger partial charge in [-0.05, 0) is 44.5 Å². The third-order valence-electron chi connectivity index (χ3n) is 4.73. The second-order valence-electron chi connectivity index (χ2n) is 6.45. The van der Waals surface area contributed by atoms with E-state index in [1.165, 1.54) is 19.3 Å². The fraction of sp³-hybridized carbons (Fsp3) is 0.706. The van der Waals surface area contributed by atoms with Gasteiger partial charge in [0.05, 0.1) is 18.9 Å². The van der Waals surface area contributed by atoms with E-state index < -0.39 is 0 Å². The Morgan fingerprint density at radius 2 is 2.17 bits per heavy atom. The van der Waals surface area contributed by atoms with Crippen LogP contribution in [-0.4, -0.2) is 50.3 Å². The molecule has 0 radical (unpaired) electrons. The highest BCUT2D eigenvalue weighted by atomic mass is 16.5. The number of piperidine rings is 1. The first kappa shape index (κ1) is 16.3. The number of furan rings is 1. The number of hydrogen-bond donors (Lipinski definition) is 2. The molecule has 2 aliphatic heterocycles. The average Bonchev–Trinajstić information content (AvgIpc) is 3.28. The highest BCUT2D eigenvalue weighted by Crippen LogP contribution is 2.24. The zero-order chi connectivity index (χ0) is 15.9. The minimum atomic E-state index is -0.106. The molecular formula is C17H27N3O3. The number of amides is 2. The first-order valence-corrected chi connectivity index (χ1v) is 8.70. The Hall–Kier alpha value is -1.53. The van der Waals surface area contributed by atoms with Crippen LogP contribution in [0.25, 0.3) is 0 Å². The van der Waals surface area contributed by atoms with Gasteiger partial charge >= 0.3 is 6.03 Å². The molecule has 1 aromatic rings. The van der Waals surface area contributed by atoms with Crippen LogP contribution in [-0.2, 0) is 4.74 Å². The number of ether oxygens (including phenoxy) is 1. The Morgan fingerprint density at radius 3 is 2.87 bits per heavy atom. The van der Waals surface area contributed by atoms with Crippen LogP contribution in [0.3, 0.4) is 0 Å². The molecule has 6 heteroatoms. The average molecular weight is 321 g/mol. The van der Waals surface area contributed by atoms with Gasteiger partial charge in [0.1, 0.15) is 5.76 Å². The fourth-order valence-corrected chi connectivity index (χ4v) is 3.35. The second-order valence-corrected chi connectivity index (χ2v) is 6.45. The van der Waals surface area contributed by atoms with Gasteiger partial charge in [0, 0.05) is 25.6 Å². The predicted molar refractivity (Wildman–Crippen MR) is 87.2 cm³/mol. The van der Waals surface area contributed by atoms with Gasteiger partial charge in [0.25, 0.3) is 0 Å². The Labute approximate surface area is 137 Å². The van der Waals surface area contributed by atoms with Crippen LogP contribution < -0.4 is 10.6 Å². The van der Waals surface area contributed by atoms with Crippen molar-refractivity contribution in [3.63, 3.8) is 0 Å². The van der Waals surface area contributed by atoms with Crippen molar-refractivity contribution in [1.29, 1.82) is 0 Å². The Balaban J connectivity index is 1.48. The van der Waals surface area contributed by atoms with Gasteiger partial charge in [-0.25, -0.2) is 4.79 Å². The third kappa shape index (κ3) is 4.72. The number of nitrogens with zero attached hydrogens (tertiary/aromatic N) is 1. The lowest BCUT2D eigenvalue weighted by atomic mass is 10.1. The molecule has 2 amide bonds. The molecule has 0 saturated carbocycles. The minimum Gasteiger partial charge on any atom is -0.468 e. The van der Waals surface area contributed by atoms with E-state index in [0.29, 0.717) is 19.0 Å². The number of hydrogen-bond acceptors (Lipinski definition) is 4. The lowest BCUT2D eigenvalue weighted by Crippen LogP contribution is -2.44. The lowest BCUT2D eigenvalue weighted by Gasteiger charge is -2.33. The van der Waals surface area contributed by atoms with Crippen LogP contribution >= 0.6 is 0 Å². The summed E-state index contributed by atoms with van der Waals surface area (Å²) in [6, 6.07) is 3.91. The number of rotatable bonds is 6. The summed E-state index contributed by atoms with van der Waals surface area (Å²) in [5.41, 5.74) is 0. The van der Waals surface area contributed by atoms with E-state index in [1.54, 1.807) is 6.26 Å². The van der Waals surface area contributed by atoms with Crippen LogP contribution in [0.4, 0.5) is 4.79 Å². The standard InChI is InChI=1S/C17H27N3O3/c21-17(18-11-14-6-10-22-13-14)19-12-15(16-5-4-9-23-16)20-7-2-1-3-8-20/h4-5,9,14-15H,1-3,6-8,10-13H2,(H2,18,19,21)/t14-,15-/m0/s1. The largest absolute Gasteiger partial charge is 0.468 e. The summed E-state index contributed by atoms with van der Waals surface area (Å²) < 4.78 is 10.9. The molecule has 0 spiro atoms. The molecule has 2 saturated heterocycles.